The first-order chi connectivity index (χ1) is 11.8. The molecule has 0 radical (unpaired) electrons. The lowest BCUT2D eigenvalue weighted by molar-refractivity contribution is -0.137. The van der Waals surface area contributed by atoms with E-state index in [1.807, 2.05) is 0 Å². The van der Waals surface area contributed by atoms with Crippen LogP contribution in [-0.4, -0.2) is 14.3 Å². The highest BCUT2D eigenvalue weighted by Gasteiger charge is 2.38. The minimum Gasteiger partial charge on any atom is -0.598 e. The molecule has 11 heteroatoms. The second-order valence-electron chi connectivity index (χ2n) is 6.26. The molecule has 144 valence electrons. The van der Waals surface area contributed by atoms with E-state index >= 15 is 0 Å². The fourth-order valence-corrected chi connectivity index (χ4v) is 3.80. The van der Waals surface area contributed by atoms with Gasteiger partial charge in [0.15, 0.2) is 5.01 Å². The van der Waals surface area contributed by atoms with Crippen LogP contribution in [0.1, 0.15) is 42.3 Å². The van der Waals surface area contributed by atoms with Crippen LogP contribution in [0.15, 0.2) is 18.3 Å². The third kappa shape index (κ3) is 4.66. The fraction of sp³-hybridized carbons (Fsp3) is 0.400. The molecule has 1 N–H and O–H groups in total. The second-order valence-corrected chi connectivity index (χ2v) is 9.70. The van der Waals surface area contributed by atoms with E-state index in [0.717, 1.165) is 18.3 Å². The molecular formula is C15H14ClF5N2OS2. The number of nitrogens with one attached hydrogen (secondary N) is 1. The quantitative estimate of drug-likeness (QED) is 0.408. The molecule has 0 saturated carbocycles. The molecule has 2 aromatic rings. The number of aromatic nitrogens is 1. The largest absolute Gasteiger partial charge is 0.598 e. The summed E-state index contributed by atoms with van der Waals surface area (Å²) in [5.74, 6) is -2.15. The monoisotopic (exact) mass is 432 g/mol. The third-order valence-electron chi connectivity index (χ3n) is 3.21. The van der Waals surface area contributed by atoms with Crippen LogP contribution in [0.4, 0.5) is 22.0 Å². The van der Waals surface area contributed by atoms with Crippen LogP contribution in [-0.2, 0) is 17.5 Å². The van der Waals surface area contributed by atoms with E-state index in [1.165, 1.54) is 0 Å². The Kier molecular flexibility index (Phi) is 6.23. The van der Waals surface area contributed by atoms with Gasteiger partial charge in [0.2, 0.25) is 0 Å². The molecule has 0 bridgehead atoms. The lowest BCUT2D eigenvalue weighted by atomic mass is 10.1. The molecule has 0 aliphatic carbocycles. The van der Waals surface area contributed by atoms with Gasteiger partial charge in [-0.2, -0.15) is 13.2 Å². The summed E-state index contributed by atoms with van der Waals surface area (Å²) >= 11 is 4.09. The standard InChI is InChI=1S/C15H14ClF5N2OS2/c1-14(2,3)26(24)23-12(7-4-5-8(17)10(16)11(7)18)9-6-22-13(25-9)15(19,20)21/h4-6,12,23H,1-3H3/t12-,26-/m1/s1. The van der Waals surface area contributed by atoms with Gasteiger partial charge in [-0.15, -0.1) is 16.1 Å². The van der Waals surface area contributed by atoms with Gasteiger partial charge < -0.3 is 4.55 Å². The first-order valence-corrected chi connectivity index (χ1v) is 9.51. The van der Waals surface area contributed by atoms with Crippen LogP contribution in [0.2, 0.25) is 5.02 Å². The maximum Gasteiger partial charge on any atom is 0.443 e. The van der Waals surface area contributed by atoms with Crippen LogP contribution >= 0.6 is 22.9 Å². The molecule has 2 atom stereocenters. The predicted octanol–water partition coefficient (Wildman–Crippen LogP) is 5.23. The normalized spacial score (nSPS) is 15.2. The van der Waals surface area contributed by atoms with Crippen LogP contribution in [0.3, 0.4) is 0 Å². The van der Waals surface area contributed by atoms with Crippen molar-refractivity contribution < 1.29 is 26.5 Å². The molecule has 0 amide bonds. The van der Waals surface area contributed by atoms with Crippen molar-refractivity contribution in [3.05, 3.63) is 50.4 Å². The lowest BCUT2D eigenvalue weighted by Crippen LogP contribution is -2.41. The smallest absolute Gasteiger partial charge is 0.443 e. The van der Waals surface area contributed by atoms with Crippen LogP contribution < -0.4 is 4.72 Å². The van der Waals surface area contributed by atoms with Gasteiger partial charge in [0.1, 0.15) is 27.4 Å². The van der Waals surface area contributed by atoms with Gasteiger partial charge >= 0.3 is 6.18 Å². The summed E-state index contributed by atoms with van der Waals surface area (Å²) in [6, 6.07) is 0.684. The van der Waals surface area contributed by atoms with Crippen LogP contribution in [0, 0.1) is 11.6 Å². The highest BCUT2D eigenvalue weighted by Crippen LogP contribution is 2.38. The van der Waals surface area contributed by atoms with E-state index < -0.39 is 50.0 Å². The van der Waals surface area contributed by atoms with Gasteiger partial charge in [0.05, 0.1) is 4.88 Å². The molecule has 0 aliphatic rings. The zero-order valence-electron chi connectivity index (χ0n) is 13.7. The number of rotatable bonds is 4. The van der Waals surface area contributed by atoms with E-state index in [1.54, 1.807) is 20.8 Å². The number of alkyl halides is 3. The first kappa shape index (κ1) is 21.4. The highest BCUT2D eigenvalue weighted by atomic mass is 35.5. The molecule has 0 aliphatic heterocycles. The van der Waals surface area contributed by atoms with Gasteiger partial charge in [0.25, 0.3) is 0 Å². The lowest BCUT2D eigenvalue weighted by Gasteiger charge is -2.28. The minimum atomic E-state index is -4.67. The number of halogens is 6. The van der Waals surface area contributed by atoms with Crippen molar-refractivity contribution in [3.8, 4) is 0 Å². The van der Waals surface area contributed by atoms with Gasteiger partial charge in [-0.3, -0.25) is 0 Å². The molecule has 1 aromatic carbocycles. The van der Waals surface area contributed by atoms with Gasteiger partial charge in [-0.05, 0) is 26.8 Å². The third-order valence-corrected chi connectivity index (χ3v) is 6.22. The molecule has 1 heterocycles. The summed E-state index contributed by atoms with van der Waals surface area (Å²) in [5.41, 5.74) is -0.230. The molecule has 26 heavy (non-hydrogen) atoms. The van der Waals surface area contributed by atoms with E-state index in [0.29, 0.717) is 0 Å². The van der Waals surface area contributed by atoms with E-state index in [9.17, 15) is 26.5 Å². The zero-order chi connectivity index (χ0) is 19.9. The van der Waals surface area contributed by atoms with Crippen molar-refractivity contribution in [3.63, 3.8) is 0 Å². The van der Waals surface area contributed by atoms with Crippen molar-refractivity contribution in [2.24, 2.45) is 0 Å². The average molecular weight is 433 g/mol. The van der Waals surface area contributed by atoms with E-state index in [2.05, 4.69) is 9.71 Å². The molecule has 3 nitrogen and oxygen atoms in total. The Morgan fingerprint density at radius 3 is 2.35 bits per heavy atom. The average Bonchev–Trinajstić information content (AvgIpc) is 3.00. The Hall–Kier alpha value is -0.940. The van der Waals surface area contributed by atoms with Crippen LogP contribution in [0.25, 0.3) is 0 Å². The van der Waals surface area contributed by atoms with E-state index in [4.69, 9.17) is 11.6 Å². The van der Waals surface area contributed by atoms with Crippen molar-refractivity contribution in [1.29, 1.82) is 0 Å². The number of nitrogens with zero attached hydrogens (tertiary/aromatic N) is 1. The minimum absolute atomic E-state index is 0.0310. The highest BCUT2D eigenvalue weighted by molar-refractivity contribution is 7.90. The molecule has 2 rings (SSSR count). The fourth-order valence-electron chi connectivity index (χ4n) is 1.87. The second kappa shape index (κ2) is 7.59. The Labute approximate surface area is 158 Å². The maximum atomic E-state index is 14.4. The Balaban J connectivity index is 2.53. The summed E-state index contributed by atoms with van der Waals surface area (Å²) in [4.78, 5) is 3.27. The summed E-state index contributed by atoms with van der Waals surface area (Å²) in [5, 5.41) is -1.93. The zero-order valence-corrected chi connectivity index (χ0v) is 16.1. The van der Waals surface area contributed by atoms with E-state index in [-0.39, 0.29) is 21.8 Å². The Morgan fingerprint density at radius 1 is 1.23 bits per heavy atom. The molecule has 0 saturated heterocycles. The maximum absolute atomic E-state index is 14.4. The Morgan fingerprint density at radius 2 is 1.85 bits per heavy atom. The predicted molar refractivity (Wildman–Crippen MR) is 91.4 cm³/mol. The molecule has 0 fully saturated rings. The van der Waals surface area contributed by atoms with Crippen molar-refractivity contribution in [2.75, 3.05) is 0 Å². The Bertz CT molecular complexity index is 791. The van der Waals surface area contributed by atoms with Crippen molar-refractivity contribution >= 4 is 34.3 Å². The summed E-state index contributed by atoms with van der Waals surface area (Å²) in [6.07, 6.45) is -3.75. The SMILES string of the molecule is CC(C)(C)[S@@+]([O-])N[C@@H](c1cnc(C(F)(F)F)s1)c1ccc(F)c(Cl)c1F. The van der Waals surface area contributed by atoms with Gasteiger partial charge in [-0.1, -0.05) is 17.7 Å². The number of hydrogen-bond acceptors (Lipinski definition) is 4. The topological polar surface area (TPSA) is 48.0 Å². The van der Waals surface area contributed by atoms with Gasteiger partial charge in [0, 0.05) is 23.1 Å². The van der Waals surface area contributed by atoms with Gasteiger partial charge in [-0.25, -0.2) is 13.8 Å². The van der Waals surface area contributed by atoms with Crippen molar-refractivity contribution in [2.45, 2.75) is 37.7 Å². The van der Waals surface area contributed by atoms with Crippen molar-refractivity contribution in [1.82, 2.24) is 9.71 Å². The van der Waals surface area contributed by atoms with Crippen LogP contribution in [0.5, 0.6) is 0 Å². The molecular weight excluding hydrogens is 419 g/mol. The summed E-state index contributed by atoms with van der Waals surface area (Å²) in [6.45, 7) is 4.90. The number of hydrogen-bond donors (Lipinski definition) is 1. The number of thiazole rings is 1. The number of benzene rings is 1. The summed E-state index contributed by atoms with van der Waals surface area (Å²) < 4.78 is 80.6. The molecule has 0 spiro atoms. The summed E-state index contributed by atoms with van der Waals surface area (Å²) in [7, 11) is 0. The first-order valence-electron chi connectivity index (χ1n) is 7.16. The molecule has 1 aromatic heterocycles. The molecule has 0 unspecified atom stereocenters.